The summed E-state index contributed by atoms with van der Waals surface area (Å²) >= 11 is 0. The normalized spacial score (nSPS) is 19.7. The second-order valence-corrected chi connectivity index (χ2v) is 4.66. The number of nitrogens with zero attached hydrogens (tertiary/aromatic N) is 2. The third-order valence-corrected chi connectivity index (χ3v) is 3.03. The molecule has 2 heterocycles. The molecular formula is C12H20N4O2. The van der Waals surface area contributed by atoms with Crippen LogP contribution in [0.1, 0.15) is 25.0 Å². The lowest BCUT2D eigenvalue weighted by molar-refractivity contribution is -0.122. The van der Waals surface area contributed by atoms with Gasteiger partial charge >= 0.3 is 0 Å². The van der Waals surface area contributed by atoms with Gasteiger partial charge in [-0.25, -0.2) is 4.68 Å². The van der Waals surface area contributed by atoms with Gasteiger partial charge in [0.15, 0.2) is 0 Å². The van der Waals surface area contributed by atoms with Gasteiger partial charge in [-0.05, 0) is 26.2 Å². The monoisotopic (exact) mass is 252 g/mol. The number of aryl methyl sites for hydroxylation is 1. The van der Waals surface area contributed by atoms with Gasteiger partial charge < -0.3 is 15.8 Å². The SMILES string of the molecule is Cc1cc(N)n(CC(=O)NCC2CCCCO2)n1. The minimum atomic E-state index is -0.0843. The van der Waals surface area contributed by atoms with E-state index in [2.05, 4.69) is 10.4 Å². The maximum absolute atomic E-state index is 11.7. The highest BCUT2D eigenvalue weighted by atomic mass is 16.5. The highest BCUT2D eigenvalue weighted by Gasteiger charge is 2.15. The second kappa shape index (κ2) is 5.86. The van der Waals surface area contributed by atoms with Gasteiger partial charge in [0.2, 0.25) is 5.91 Å². The molecule has 0 aromatic carbocycles. The number of hydrogen-bond acceptors (Lipinski definition) is 4. The number of rotatable bonds is 4. The van der Waals surface area contributed by atoms with Crippen molar-refractivity contribution < 1.29 is 9.53 Å². The third kappa shape index (κ3) is 3.46. The zero-order valence-corrected chi connectivity index (χ0v) is 10.7. The van der Waals surface area contributed by atoms with Crippen LogP contribution in [0.5, 0.6) is 0 Å². The van der Waals surface area contributed by atoms with E-state index in [1.54, 1.807) is 6.07 Å². The summed E-state index contributed by atoms with van der Waals surface area (Å²) in [4.78, 5) is 11.7. The molecule has 0 radical (unpaired) electrons. The Bertz CT molecular complexity index is 410. The smallest absolute Gasteiger partial charge is 0.241 e. The average Bonchev–Trinajstić information content (AvgIpc) is 2.67. The van der Waals surface area contributed by atoms with Crippen molar-refractivity contribution >= 4 is 11.7 Å². The number of aromatic nitrogens is 2. The molecule has 1 aromatic rings. The van der Waals surface area contributed by atoms with Crippen molar-refractivity contribution in [1.29, 1.82) is 0 Å². The molecule has 1 fully saturated rings. The summed E-state index contributed by atoms with van der Waals surface area (Å²) in [7, 11) is 0. The summed E-state index contributed by atoms with van der Waals surface area (Å²) in [5, 5.41) is 7.00. The summed E-state index contributed by atoms with van der Waals surface area (Å²) in [5.41, 5.74) is 6.54. The molecule has 1 unspecified atom stereocenters. The number of amides is 1. The van der Waals surface area contributed by atoms with Gasteiger partial charge in [-0.1, -0.05) is 0 Å². The standard InChI is InChI=1S/C12H20N4O2/c1-9-6-11(13)16(15-9)8-12(17)14-7-10-4-2-3-5-18-10/h6,10H,2-5,7-8,13H2,1H3,(H,14,17). The fraction of sp³-hybridized carbons (Fsp3) is 0.667. The van der Waals surface area contributed by atoms with Crippen LogP contribution in [0.15, 0.2) is 6.07 Å². The molecule has 1 amide bonds. The topological polar surface area (TPSA) is 82.2 Å². The maximum atomic E-state index is 11.7. The number of anilines is 1. The predicted octanol–water partition coefficient (Wildman–Crippen LogP) is 0.459. The first kappa shape index (κ1) is 12.9. The van der Waals surface area contributed by atoms with Crippen molar-refractivity contribution in [2.24, 2.45) is 0 Å². The first-order valence-corrected chi connectivity index (χ1v) is 6.33. The molecule has 1 aromatic heterocycles. The first-order valence-electron chi connectivity index (χ1n) is 6.33. The van der Waals surface area contributed by atoms with Crippen molar-refractivity contribution in [1.82, 2.24) is 15.1 Å². The van der Waals surface area contributed by atoms with Crippen LogP contribution >= 0.6 is 0 Å². The van der Waals surface area contributed by atoms with Gasteiger partial charge in [-0.3, -0.25) is 4.79 Å². The lowest BCUT2D eigenvalue weighted by Crippen LogP contribution is -2.37. The largest absolute Gasteiger partial charge is 0.384 e. The van der Waals surface area contributed by atoms with E-state index < -0.39 is 0 Å². The Labute approximate surface area is 106 Å². The molecule has 0 aliphatic carbocycles. The number of hydrogen-bond donors (Lipinski definition) is 2. The molecule has 2 rings (SSSR count). The summed E-state index contributed by atoms with van der Waals surface area (Å²) in [6.45, 7) is 3.37. The Kier molecular flexibility index (Phi) is 4.19. The Hall–Kier alpha value is -1.56. The Morgan fingerprint density at radius 3 is 3.11 bits per heavy atom. The van der Waals surface area contributed by atoms with Crippen LogP contribution in [0.25, 0.3) is 0 Å². The molecular weight excluding hydrogens is 232 g/mol. The molecule has 6 heteroatoms. The Morgan fingerprint density at radius 2 is 2.50 bits per heavy atom. The summed E-state index contributed by atoms with van der Waals surface area (Å²) in [6, 6.07) is 1.75. The van der Waals surface area contributed by atoms with Gasteiger partial charge in [0, 0.05) is 19.2 Å². The van der Waals surface area contributed by atoms with Crippen molar-refractivity contribution in [3.8, 4) is 0 Å². The van der Waals surface area contributed by atoms with Gasteiger partial charge in [-0.2, -0.15) is 5.10 Å². The Morgan fingerprint density at radius 1 is 1.67 bits per heavy atom. The van der Waals surface area contributed by atoms with Crippen LogP contribution in [-0.4, -0.2) is 34.9 Å². The van der Waals surface area contributed by atoms with Gasteiger partial charge in [0.25, 0.3) is 0 Å². The Balaban J connectivity index is 1.76. The van der Waals surface area contributed by atoms with E-state index in [-0.39, 0.29) is 18.6 Å². The van der Waals surface area contributed by atoms with Crippen LogP contribution in [0.3, 0.4) is 0 Å². The van der Waals surface area contributed by atoms with E-state index in [0.717, 1.165) is 25.1 Å². The second-order valence-electron chi connectivity index (χ2n) is 4.66. The molecule has 6 nitrogen and oxygen atoms in total. The number of nitrogens with one attached hydrogen (secondary N) is 1. The minimum Gasteiger partial charge on any atom is -0.384 e. The lowest BCUT2D eigenvalue weighted by Gasteiger charge is -2.22. The van der Waals surface area contributed by atoms with E-state index in [0.29, 0.717) is 12.4 Å². The van der Waals surface area contributed by atoms with Crippen LogP contribution in [0.2, 0.25) is 0 Å². The fourth-order valence-corrected chi connectivity index (χ4v) is 2.08. The lowest BCUT2D eigenvalue weighted by atomic mass is 10.1. The summed E-state index contributed by atoms with van der Waals surface area (Å²) in [6.07, 6.45) is 3.46. The molecule has 1 aliphatic heterocycles. The van der Waals surface area contributed by atoms with E-state index in [1.807, 2.05) is 6.92 Å². The average molecular weight is 252 g/mol. The predicted molar refractivity (Wildman–Crippen MR) is 68.0 cm³/mol. The zero-order valence-electron chi connectivity index (χ0n) is 10.7. The quantitative estimate of drug-likeness (QED) is 0.815. The molecule has 100 valence electrons. The van der Waals surface area contributed by atoms with E-state index in [4.69, 9.17) is 10.5 Å². The van der Waals surface area contributed by atoms with Crippen molar-refractivity contribution in [3.05, 3.63) is 11.8 Å². The van der Waals surface area contributed by atoms with Crippen molar-refractivity contribution in [2.45, 2.75) is 38.8 Å². The minimum absolute atomic E-state index is 0.0843. The molecule has 0 spiro atoms. The zero-order chi connectivity index (χ0) is 13.0. The summed E-state index contributed by atoms with van der Waals surface area (Å²) in [5.74, 6) is 0.426. The van der Waals surface area contributed by atoms with Gasteiger partial charge in [0.1, 0.15) is 12.4 Å². The van der Waals surface area contributed by atoms with E-state index >= 15 is 0 Å². The molecule has 1 aliphatic rings. The van der Waals surface area contributed by atoms with Crippen LogP contribution in [-0.2, 0) is 16.1 Å². The maximum Gasteiger partial charge on any atom is 0.241 e. The van der Waals surface area contributed by atoms with Gasteiger partial charge in [-0.15, -0.1) is 0 Å². The van der Waals surface area contributed by atoms with E-state index in [1.165, 1.54) is 11.1 Å². The molecule has 1 atom stereocenters. The molecule has 0 bridgehead atoms. The first-order chi connectivity index (χ1) is 8.65. The van der Waals surface area contributed by atoms with Crippen LogP contribution < -0.4 is 11.1 Å². The number of nitrogens with two attached hydrogens (primary N) is 1. The van der Waals surface area contributed by atoms with Crippen LogP contribution in [0.4, 0.5) is 5.82 Å². The third-order valence-electron chi connectivity index (χ3n) is 3.03. The molecule has 1 saturated heterocycles. The van der Waals surface area contributed by atoms with E-state index in [9.17, 15) is 4.79 Å². The molecule has 3 N–H and O–H groups in total. The number of carbonyl (C=O) groups excluding carboxylic acids is 1. The number of carbonyl (C=O) groups is 1. The van der Waals surface area contributed by atoms with Gasteiger partial charge in [0.05, 0.1) is 11.8 Å². The number of ether oxygens (including phenoxy) is 1. The highest BCUT2D eigenvalue weighted by Crippen LogP contribution is 2.11. The number of nitrogen functional groups attached to an aromatic ring is 1. The summed E-state index contributed by atoms with van der Waals surface area (Å²) < 4.78 is 7.05. The highest BCUT2D eigenvalue weighted by molar-refractivity contribution is 5.76. The molecule has 0 saturated carbocycles. The van der Waals surface area contributed by atoms with Crippen molar-refractivity contribution in [3.63, 3.8) is 0 Å². The van der Waals surface area contributed by atoms with Crippen LogP contribution in [0, 0.1) is 6.92 Å². The van der Waals surface area contributed by atoms with Crippen molar-refractivity contribution in [2.75, 3.05) is 18.9 Å². The fourth-order valence-electron chi connectivity index (χ4n) is 2.08. The molecule has 18 heavy (non-hydrogen) atoms.